The summed E-state index contributed by atoms with van der Waals surface area (Å²) in [5.74, 6) is -1.20. The van der Waals surface area contributed by atoms with Gasteiger partial charge in [0.1, 0.15) is 5.75 Å². The summed E-state index contributed by atoms with van der Waals surface area (Å²) in [5, 5.41) is 10.4. The number of benzene rings is 3. The molecule has 0 spiro atoms. The number of hydrogen-bond acceptors (Lipinski definition) is 3. The van der Waals surface area contributed by atoms with E-state index in [1.54, 1.807) is 18.2 Å². The van der Waals surface area contributed by atoms with Crippen molar-refractivity contribution in [2.75, 3.05) is 6.61 Å². The quantitative estimate of drug-likeness (QED) is 0.437. The van der Waals surface area contributed by atoms with Gasteiger partial charge in [0.05, 0.1) is 16.4 Å². The van der Waals surface area contributed by atoms with Crippen LogP contribution in [-0.4, -0.2) is 28.2 Å². The van der Waals surface area contributed by atoms with Gasteiger partial charge in [0.15, 0.2) is 6.61 Å². The lowest BCUT2D eigenvalue weighted by Crippen LogP contribution is -2.11. The lowest BCUT2D eigenvalue weighted by Gasteiger charge is -2.10. The third-order valence-corrected chi connectivity index (χ3v) is 5.44. The maximum absolute atomic E-state index is 12.2. The largest absolute Gasteiger partial charge is 0.481 e. The number of halogens is 1. The van der Waals surface area contributed by atoms with E-state index in [1.807, 2.05) is 43.3 Å². The Bertz CT molecular complexity index is 1310. The first kappa shape index (κ1) is 20.0. The number of rotatable bonds is 6. The summed E-state index contributed by atoms with van der Waals surface area (Å²) in [6.45, 7) is 2.00. The third-order valence-electron chi connectivity index (χ3n) is 4.95. The molecule has 0 saturated heterocycles. The average molecular weight is 467 g/mol. The molecule has 0 radical (unpaired) electrons. The molecule has 0 aliphatic carbocycles. The van der Waals surface area contributed by atoms with Gasteiger partial charge in [-0.15, -0.1) is 0 Å². The van der Waals surface area contributed by atoms with E-state index < -0.39 is 18.5 Å². The second kappa shape index (κ2) is 7.84. The van der Waals surface area contributed by atoms with Gasteiger partial charge in [-0.25, -0.2) is 4.79 Å². The monoisotopic (exact) mass is 466 g/mol. The zero-order valence-electron chi connectivity index (χ0n) is 16.2. The Labute approximate surface area is 181 Å². The van der Waals surface area contributed by atoms with Gasteiger partial charge in [-0.1, -0.05) is 34.1 Å². The molecule has 3 aromatic carbocycles. The SMILES string of the molecule is Cc1cc(OCC(=O)O)c2c3c(C(N)=O)cccc3n(Cc3cccc(Br)c3)c2c1. The fourth-order valence-corrected chi connectivity index (χ4v) is 4.25. The molecule has 6 nitrogen and oxygen atoms in total. The van der Waals surface area contributed by atoms with E-state index >= 15 is 0 Å². The molecule has 30 heavy (non-hydrogen) atoms. The van der Waals surface area contributed by atoms with Crippen molar-refractivity contribution in [3.8, 4) is 5.75 Å². The van der Waals surface area contributed by atoms with Crippen molar-refractivity contribution in [3.05, 3.63) is 75.8 Å². The molecular formula is C23H19BrN2O4. The van der Waals surface area contributed by atoms with Crippen LogP contribution in [-0.2, 0) is 11.3 Å². The van der Waals surface area contributed by atoms with Crippen molar-refractivity contribution in [2.24, 2.45) is 5.73 Å². The van der Waals surface area contributed by atoms with Crippen LogP contribution in [0.3, 0.4) is 0 Å². The number of nitrogens with zero attached hydrogens (tertiary/aromatic N) is 1. The zero-order valence-corrected chi connectivity index (χ0v) is 17.8. The second-order valence-electron chi connectivity index (χ2n) is 7.12. The van der Waals surface area contributed by atoms with Crippen molar-refractivity contribution in [1.29, 1.82) is 0 Å². The number of amides is 1. The van der Waals surface area contributed by atoms with Crippen LogP contribution in [0, 0.1) is 6.92 Å². The minimum Gasteiger partial charge on any atom is -0.481 e. The molecule has 0 saturated carbocycles. The molecule has 4 rings (SSSR count). The minimum absolute atomic E-state index is 0.370. The van der Waals surface area contributed by atoms with E-state index in [2.05, 4.69) is 20.5 Å². The van der Waals surface area contributed by atoms with Crippen LogP contribution in [0.4, 0.5) is 0 Å². The van der Waals surface area contributed by atoms with Crippen molar-refractivity contribution in [2.45, 2.75) is 13.5 Å². The number of aromatic nitrogens is 1. The molecule has 0 atom stereocenters. The van der Waals surface area contributed by atoms with Crippen molar-refractivity contribution >= 4 is 49.6 Å². The Kier molecular flexibility index (Phi) is 5.22. The lowest BCUT2D eigenvalue weighted by molar-refractivity contribution is -0.139. The summed E-state index contributed by atoms with van der Waals surface area (Å²) in [5.41, 5.74) is 9.70. The molecule has 3 N–H and O–H groups in total. The number of ether oxygens (including phenoxy) is 1. The maximum atomic E-state index is 12.2. The predicted molar refractivity (Wildman–Crippen MR) is 119 cm³/mol. The molecule has 1 heterocycles. The second-order valence-corrected chi connectivity index (χ2v) is 8.04. The number of carbonyl (C=O) groups is 2. The van der Waals surface area contributed by atoms with Crippen LogP contribution in [0.25, 0.3) is 21.8 Å². The fourth-order valence-electron chi connectivity index (χ4n) is 3.80. The van der Waals surface area contributed by atoms with Crippen LogP contribution in [0.1, 0.15) is 21.5 Å². The number of carboxylic acids is 1. The van der Waals surface area contributed by atoms with Gasteiger partial charge in [0.25, 0.3) is 0 Å². The molecule has 0 aliphatic rings. The number of fused-ring (bicyclic) bond motifs is 3. The number of aliphatic carboxylic acids is 1. The van der Waals surface area contributed by atoms with E-state index in [1.165, 1.54) is 0 Å². The van der Waals surface area contributed by atoms with Crippen molar-refractivity contribution in [3.63, 3.8) is 0 Å². The number of hydrogen-bond donors (Lipinski definition) is 2. The first-order valence-corrected chi connectivity index (χ1v) is 10.1. The standard InChI is InChI=1S/C23H19BrN2O4/c1-13-8-18-22(19(9-13)30-12-20(27)28)21-16(23(25)29)6-3-7-17(21)26(18)11-14-4-2-5-15(24)10-14/h2-10H,11-12H2,1H3,(H2,25,29)(H,27,28). The Morgan fingerprint density at radius 3 is 2.53 bits per heavy atom. The van der Waals surface area contributed by atoms with Crippen LogP contribution in [0.2, 0.25) is 0 Å². The first-order chi connectivity index (χ1) is 14.3. The van der Waals surface area contributed by atoms with E-state index in [9.17, 15) is 9.59 Å². The Morgan fingerprint density at radius 1 is 1.07 bits per heavy atom. The minimum atomic E-state index is -1.07. The van der Waals surface area contributed by atoms with Crippen molar-refractivity contribution < 1.29 is 19.4 Å². The third kappa shape index (κ3) is 3.64. The topological polar surface area (TPSA) is 94.6 Å². The van der Waals surface area contributed by atoms with Crippen LogP contribution in [0.15, 0.2) is 59.1 Å². The summed E-state index contributed by atoms with van der Waals surface area (Å²) in [6.07, 6.45) is 0. The fraction of sp³-hybridized carbons (Fsp3) is 0.130. The van der Waals surface area contributed by atoms with E-state index in [0.717, 1.165) is 26.6 Å². The summed E-state index contributed by atoms with van der Waals surface area (Å²) in [7, 11) is 0. The van der Waals surface area contributed by atoms with Crippen LogP contribution < -0.4 is 10.5 Å². The average Bonchev–Trinajstić information content (AvgIpc) is 2.99. The highest BCUT2D eigenvalue weighted by atomic mass is 79.9. The molecule has 7 heteroatoms. The smallest absolute Gasteiger partial charge is 0.341 e. The summed E-state index contributed by atoms with van der Waals surface area (Å²) < 4.78 is 8.68. The molecule has 1 aromatic heterocycles. The zero-order chi connectivity index (χ0) is 21.4. The lowest BCUT2D eigenvalue weighted by atomic mass is 10.0. The summed E-state index contributed by atoms with van der Waals surface area (Å²) in [4.78, 5) is 23.3. The molecule has 152 valence electrons. The predicted octanol–water partition coefficient (Wildman–Crippen LogP) is 4.48. The molecule has 0 unspecified atom stereocenters. The highest BCUT2D eigenvalue weighted by Gasteiger charge is 2.20. The highest BCUT2D eigenvalue weighted by molar-refractivity contribution is 9.10. The van der Waals surface area contributed by atoms with Gasteiger partial charge in [0.2, 0.25) is 5.91 Å². The van der Waals surface area contributed by atoms with Gasteiger partial charge >= 0.3 is 5.97 Å². The number of nitrogens with two attached hydrogens (primary N) is 1. The van der Waals surface area contributed by atoms with Crippen LogP contribution >= 0.6 is 15.9 Å². The normalized spacial score (nSPS) is 11.1. The number of carbonyl (C=O) groups excluding carboxylic acids is 1. The van der Waals surface area contributed by atoms with Gasteiger partial charge in [-0.3, -0.25) is 4.79 Å². The number of primary amides is 1. The number of aryl methyl sites for hydroxylation is 1. The Morgan fingerprint density at radius 2 is 1.83 bits per heavy atom. The maximum Gasteiger partial charge on any atom is 0.341 e. The molecule has 4 aromatic rings. The van der Waals surface area contributed by atoms with Gasteiger partial charge < -0.3 is 20.1 Å². The van der Waals surface area contributed by atoms with E-state index in [-0.39, 0.29) is 0 Å². The van der Waals surface area contributed by atoms with Gasteiger partial charge in [0, 0.05) is 22.0 Å². The van der Waals surface area contributed by atoms with Gasteiger partial charge in [-0.2, -0.15) is 0 Å². The van der Waals surface area contributed by atoms with E-state index in [0.29, 0.717) is 28.6 Å². The molecular weight excluding hydrogens is 448 g/mol. The van der Waals surface area contributed by atoms with E-state index in [4.69, 9.17) is 15.6 Å². The first-order valence-electron chi connectivity index (χ1n) is 9.29. The molecule has 0 bridgehead atoms. The van der Waals surface area contributed by atoms with Crippen molar-refractivity contribution in [1.82, 2.24) is 4.57 Å². The Hall–Kier alpha value is -3.32. The Balaban J connectivity index is 2.06. The summed E-state index contributed by atoms with van der Waals surface area (Å²) in [6, 6.07) is 17.2. The summed E-state index contributed by atoms with van der Waals surface area (Å²) >= 11 is 3.51. The number of carboxylic acid groups (broad SMARTS) is 1. The molecule has 0 fully saturated rings. The van der Waals surface area contributed by atoms with Crippen LogP contribution in [0.5, 0.6) is 5.75 Å². The molecule has 0 aliphatic heterocycles. The van der Waals surface area contributed by atoms with Gasteiger partial charge in [-0.05, 0) is 54.4 Å². The highest BCUT2D eigenvalue weighted by Crippen LogP contribution is 2.39. The molecule has 1 amide bonds.